The number of carbonyl (C=O) groups is 2. The predicted molar refractivity (Wildman–Crippen MR) is 113 cm³/mol. The lowest BCUT2D eigenvalue weighted by Crippen LogP contribution is -2.37. The van der Waals surface area contributed by atoms with Gasteiger partial charge in [0, 0.05) is 48.6 Å². The highest BCUT2D eigenvalue weighted by molar-refractivity contribution is 5.81. The number of aromatic nitrogens is 2. The lowest BCUT2D eigenvalue weighted by atomic mass is 9.95. The third-order valence-electron chi connectivity index (χ3n) is 6.82. The summed E-state index contributed by atoms with van der Waals surface area (Å²) in [6, 6.07) is 0.318. The van der Waals surface area contributed by atoms with Crippen molar-refractivity contribution in [2.45, 2.75) is 89.7 Å². The summed E-state index contributed by atoms with van der Waals surface area (Å²) in [4.78, 5) is 36.6. The second-order valence-corrected chi connectivity index (χ2v) is 9.08. The largest absolute Gasteiger partial charge is 0.368 e. The molecule has 3 heterocycles. The molecular weight excluding hydrogens is 380 g/mol. The van der Waals surface area contributed by atoms with Crippen molar-refractivity contribution in [2.75, 3.05) is 19.7 Å². The first-order valence-electron chi connectivity index (χ1n) is 11.5. The molecule has 2 saturated heterocycles. The Bertz CT molecular complexity index is 762. The summed E-state index contributed by atoms with van der Waals surface area (Å²) in [7, 11) is 0. The zero-order valence-corrected chi connectivity index (χ0v) is 18.3. The van der Waals surface area contributed by atoms with E-state index in [2.05, 4.69) is 5.32 Å². The zero-order chi connectivity index (χ0) is 21.1. The van der Waals surface area contributed by atoms with Crippen LogP contribution in [0, 0.1) is 13.8 Å². The second kappa shape index (κ2) is 9.41. The van der Waals surface area contributed by atoms with Crippen LogP contribution in [-0.4, -0.2) is 58.5 Å². The molecule has 0 aromatic carbocycles. The summed E-state index contributed by atoms with van der Waals surface area (Å²) in [6.45, 7) is 6.00. The first kappa shape index (κ1) is 21.2. The molecule has 4 rings (SSSR count). The van der Waals surface area contributed by atoms with Crippen LogP contribution in [0.5, 0.6) is 0 Å². The average Bonchev–Trinajstić information content (AvgIpc) is 3.43. The Morgan fingerprint density at radius 3 is 2.43 bits per heavy atom. The minimum atomic E-state index is -0.266. The number of carbonyl (C=O) groups excluding carboxylic acids is 2. The summed E-state index contributed by atoms with van der Waals surface area (Å²) in [6.07, 6.45) is 8.59. The summed E-state index contributed by atoms with van der Waals surface area (Å²) in [5, 5.41) is 3.19. The molecule has 0 bridgehead atoms. The van der Waals surface area contributed by atoms with E-state index < -0.39 is 0 Å². The molecule has 30 heavy (non-hydrogen) atoms. The Hall–Kier alpha value is -2.02. The first-order valence-corrected chi connectivity index (χ1v) is 11.5. The van der Waals surface area contributed by atoms with Gasteiger partial charge < -0.3 is 15.0 Å². The number of rotatable bonds is 5. The van der Waals surface area contributed by atoms with Crippen LogP contribution in [0.1, 0.15) is 80.1 Å². The summed E-state index contributed by atoms with van der Waals surface area (Å²) >= 11 is 0. The smallest absolute Gasteiger partial charge is 0.251 e. The molecule has 0 spiro atoms. The lowest BCUT2D eigenvalue weighted by molar-refractivity contribution is -0.139. The van der Waals surface area contributed by atoms with Gasteiger partial charge in [-0.25, -0.2) is 9.97 Å². The lowest BCUT2D eigenvalue weighted by Gasteiger charge is -2.23. The van der Waals surface area contributed by atoms with Crippen LogP contribution < -0.4 is 5.32 Å². The standard InChI is InChI=1S/C23H34N4O3/c1-15-19(13-21(28)26-18-7-4-3-5-8-18)16(2)25-22(24-15)17-10-11-27(14-17)23(29)20-9-6-12-30-20/h17-18,20H,3-14H2,1-2H3,(H,26,28)/t17-,20+/m0/s1. The molecule has 0 unspecified atom stereocenters. The molecule has 3 aliphatic rings. The van der Waals surface area contributed by atoms with Gasteiger partial charge >= 0.3 is 0 Å². The molecule has 1 N–H and O–H groups in total. The summed E-state index contributed by atoms with van der Waals surface area (Å²) in [5.41, 5.74) is 2.68. The number of ether oxygens (including phenoxy) is 1. The normalized spacial score (nSPS) is 24.9. The second-order valence-electron chi connectivity index (χ2n) is 9.08. The molecular formula is C23H34N4O3. The third-order valence-corrected chi connectivity index (χ3v) is 6.82. The fraction of sp³-hybridized carbons (Fsp3) is 0.739. The van der Waals surface area contributed by atoms with Gasteiger partial charge in [-0.15, -0.1) is 0 Å². The van der Waals surface area contributed by atoms with E-state index in [-0.39, 0.29) is 23.8 Å². The van der Waals surface area contributed by atoms with E-state index in [1.165, 1.54) is 19.3 Å². The van der Waals surface area contributed by atoms with Crippen molar-refractivity contribution in [1.29, 1.82) is 0 Å². The number of hydrogen-bond donors (Lipinski definition) is 1. The van der Waals surface area contributed by atoms with Crippen molar-refractivity contribution in [3.63, 3.8) is 0 Å². The topological polar surface area (TPSA) is 84.4 Å². The maximum absolute atomic E-state index is 12.6. The van der Waals surface area contributed by atoms with Gasteiger partial charge in [-0.05, 0) is 46.0 Å². The number of aryl methyl sites for hydroxylation is 2. The highest BCUT2D eigenvalue weighted by Gasteiger charge is 2.35. The van der Waals surface area contributed by atoms with Crippen molar-refractivity contribution in [2.24, 2.45) is 0 Å². The first-order chi connectivity index (χ1) is 14.5. The van der Waals surface area contributed by atoms with E-state index in [0.29, 0.717) is 25.6 Å². The van der Waals surface area contributed by atoms with Gasteiger partial charge in [0.2, 0.25) is 5.91 Å². The molecule has 1 aromatic rings. The minimum Gasteiger partial charge on any atom is -0.368 e. The Kier molecular flexibility index (Phi) is 6.66. The maximum atomic E-state index is 12.6. The Labute approximate surface area is 179 Å². The molecule has 2 amide bonds. The van der Waals surface area contributed by atoms with Crippen molar-refractivity contribution >= 4 is 11.8 Å². The van der Waals surface area contributed by atoms with Crippen LogP contribution in [-0.2, 0) is 20.7 Å². The number of amides is 2. The van der Waals surface area contributed by atoms with Crippen molar-refractivity contribution in [3.8, 4) is 0 Å². The van der Waals surface area contributed by atoms with Gasteiger partial charge in [-0.2, -0.15) is 0 Å². The van der Waals surface area contributed by atoms with Crippen molar-refractivity contribution in [3.05, 3.63) is 22.8 Å². The fourth-order valence-electron chi connectivity index (χ4n) is 5.04. The van der Waals surface area contributed by atoms with Crippen LogP contribution >= 0.6 is 0 Å². The van der Waals surface area contributed by atoms with E-state index >= 15 is 0 Å². The molecule has 2 atom stereocenters. The van der Waals surface area contributed by atoms with Gasteiger partial charge in [0.25, 0.3) is 5.91 Å². The van der Waals surface area contributed by atoms with Crippen molar-refractivity contribution < 1.29 is 14.3 Å². The molecule has 1 aromatic heterocycles. The molecule has 7 nitrogen and oxygen atoms in total. The molecule has 1 aliphatic carbocycles. The highest BCUT2D eigenvalue weighted by Crippen LogP contribution is 2.28. The predicted octanol–water partition coefficient (Wildman–Crippen LogP) is 2.58. The molecule has 7 heteroatoms. The van der Waals surface area contributed by atoms with Crippen LogP contribution in [0.3, 0.4) is 0 Å². The highest BCUT2D eigenvalue weighted by atomic mass is 16.5. The number of hydrogen-bond acceptors (Lipinski definition) is 5. The van der Waals surface area contributed by atoms with E-state index in [4.69, 9.17) is 14.7 Å². The molecule has 164 valence electrons. The molecule has 1 saturated carbocycles. The SMILES string of the molecule is Cc1nc([C@H]2CCN(C(=O)[C@H]3CCCO3)C2)nc(C)c1CC(=O)NC1CCCCC1. The summed E-state index contributed by atoms with van der Waals surface area (Å²) in [5.74, 6) is 1.13. The van der Waals surface area contributed by atoms with Gasteiger partial charge in [0.05, 0.1) is 6.42 Å². The Morgan fingerprint density at radius 2 is 1.77 bits per heavy atom. The monoisotopic (exact) mass is 414 g/mol. The Morgan fingerprint density at radius 1 is 1.03 bits per heavy atom. The number of nitrogens with one attached hydrogen (secondary N) is 1. The quantitative estimate of drug-likeness (QED) is 0.801. The molecule has 2 aliphatic heterocycles. The van der Waals surface area contributed by atoms with Gasteiger partial charge in [-0.3, -0.25) is 9.59 Å². The van der Waals surface area contributed by atoms with E-state index in [1.54, 1.807) is 0 Å². The fourth-order valence-corrected chi connectivity index (χ4v) is 5.04. The van der Waals surface area contributed by atoms with E-state index in [0.717, 1.165) is 61.4 Å². The number of nitrogens with zero attached hydrogens (tertiary/aromatic N) is 3. The third kappa shape index (κ3) is 4.82. The van der Waals surface area contributed by atoms with Gasteiger partial charge in [-0.1, -0.05) is 19.3 Å². The van der Waals surface area contributed by atoms with E-state index in [1.807, 2.05) is 18.7 Å². The van der Waals surface area contributed by atoms with Gasteiger partial charge in [0.1, 0.15) is 11.9 Å². The Balaban J connectivity index is 1.37. The summed E-state index contributed by atoms with van der Waals surface area (Å²) < 4.78 is 5.55. The van der Waals surface area contributed by atoms with Crippen LogP contribution in [0.15, 0.2) is 0 Å². The van der Waals surface area contributed by atoms with Crippen LogP contribution in [0.4, 0.5) is 0 Å². The van der Waals surface area contributed by atoms with Crippen molar-refractivity contribution in [1.82, 2.24) is 20.2 Å². The van der Waals surface area contributed by atoms with Crippen LogP contribution in [0.25, 0.3) is 0 Å². The average molecular weight is 415 g/mol. The zero-order valence-electron chi connectivity index (χ0n) is 18.3. The molecule has 0 radical (unpaired) electrons. The van der Waals surface area contributed by atoms with Crippen LogP contribution in [0.2, 0.25) is 0 Å². The minimum absolute atomic E-state index is 0.0682. The van der Waals surface area contributed by atoms with Gasteiger partial charge in [0.15, 0.2) is 0 Å². The molecule has 3 fully saturated rings. The van der Waals surface area contributed by atoms with E-state index in [9.17, 15) is 9.59 Å². The number of likely N-dealkylation sites (tertiary alicyclic amines) is 1. The maximum Gasteiger partial charge on any atom is 0.251 e.